The number of fused-ring (bicyclic) bond motifs is 1. The summed E-state index contributed by atoms with van der Waals surface area (Å²) >= 11 is 0. The Morgan fingerprint density at radius 2 is 1.97 bits per heavy atom. The maximum absolute atomic E-state index is 12.2. The van der Waals surface area contributed by atoms with Gasteiger partial charge in [-0.2, -0.15) is 4.98 Å². The van der Waals surface area contributed by atoms with Crippen LogP contribution in [0.15, 0.2) is 61.1 Å². The highest BCUT2D eigenvalue weighted by molar-refractivity contribution is 7.90. The number of anilines is 3. The molecule has 1 aromatic carbocycles. The van der Waals surface area contributed by atoms with Crippen molar-refractivity contribution in [3.05, 3.63) is 72.3 Å². The van der Waals surface area contributed by atoms with Crippen molar-refractivity contribution in [1.29, 1.82) is 0 Å². The van der Waals surface area contributed by atoms with Crippen molar-refractivity contribution in [2.45, 2.75) is 31.7 Å². The third kappa shape index (κ3) is 5.19. The monoisotopic (exact) mass is 505 g/mol. The van der Waals surface area contributed by atoms with Crippen molar-refractivity contribution in [3.63, 3.8) is 0 Å². The van der Waals surface area contributed by atoms with Crippen LogP contribution in [0.2, 0.25) is 0 Å². The van der Waals surface area contributed by atoms with Crippen molar-refractivity contribution in [1.82, 2.24) is 24.8 Å². The summed E-state index contributed by atoms with van der Waals surface area (Å²) in [6, 6.07) is 14.5. The molecule has 188 valence electrons. The topological polar surface area (TPSA) is 105 Å². The Kier molecular flexibility index (Phi) is 6.63. The quantitative estimate of drug-likeness (QED) is 0.393. The molecular formula is C26H31N7O2S. The molecule has 1 aliphatic heterocycles. The van der Waals surface area contributed by atoms with Gasteiger partial charge < -0.3 is 20.1 Å². The Labute approximate surface area is 211 Å². The molecule has 0 radical (unpaired) electrons. The lowest BCUT2D eigenvalue weighted by atomic mass is 10.1. The van der Waals surface area contributed by atoms with Crippen LogP contribution in [0.1, 0.15) is 30.4 Å². The number of rotatable bonds is 7. The second-order valence-corrected chi connectivity index (χ2v) is 11.8. The Balaban J connectivity index is 1.36. The molecule has 0 aliphatic carbocycles. The highest BCUT2D eigenvalue weighted by atomic mass is 32.2. The van der Waals surface area contributed by atoms with Crippen LogP contribution in [-0.2, 0) is 16.4 Å². The molecule has 1 fully saturated rings. The SMILES string of the molecule is CC1CN(c2ccc(Nc3ncc4ccn(Cc5cccnc5C(C)S(C)(=O)=O)c4n3)cc2)CCN1. The minimum absolute atomic E-state index is 0.459. The first-order valence-electron chi connectivity index (χ1n) is 12.1. The number of piperazine rings is 1. The second-order valence-electron chi connectivity index (χ2n) is 9.41. The average molecular weight is 506 g/mol. The van der Waals surface area contributed by atoms with Crippen LogP contribution in [0.5, 0.6) is 0 Å². The number of nitrogens with zero attached hydrogens (tertiary/aromatic N) is 5. The third-order valence-electron chi connectivity index (χ3n) is 6.65. The summed E-state index contributed by atoms with van der Waals surface area (Å²) in [4.78, 5) is 16.0. The van der Waals surface area contributed by atoms with Gasteiger partial charge in [0.25, 0.3) is 0 Å². The molecule has 5 rings (SSSR count). The Hall–Kier alpha value is -3.50. The van der Waals surface area contributed by atoms with E-state index in [0.29, 0.717) is 24.2 Å². The van der Waals surface area contributed by atoms with Gasteiger partial charge in [-0.1, -0.05) is 6.07 Å². The lowest BCUT2D eigenvalue weighted by Crippen LogP contribution is -2.49. The van der Waals surface area contributed by atoms with Gasteiger partial charge >= 0.3 is 0 Å². The molecule has 4 aromatic rings. The lowest BCUT2D eigenvalue weighted by Gasteiger charge is -2.33. The van der Waals surface area contributed by atoms with Crippen LogP contribution in [0, 0.1) is 0 Å². The van der Waals surface area contributed by atoms with E-state index in [1.807, 2.05) is 41.1 Å². The molecule has 3 aromatic heterocycles. The summed E-state index contributed by atoms with van der Waals surface area (Å²) in [7, 11) is -3.27. The summed E-state index contributed by atoms with van der Waals surface area (Å²) < 4.78 is 26.3. The zero-order valence-electron chi connectivity index (χ0n) is 20.7. The molecule has 0 bridgehead atoms. The minimum atomic E-state index is -3.27. The van der Waals surface area contributed by atoms with Crippen molar-refractivity contribution in [3.8, 4) is 0 Å². The molecule has 2 unspecified atom stereocenters. The maximum Gasteiger partial charge on any atom is 0.229 e. The van der Waals surface area contributed by atoms with E-state index in [0.717, 1.165) is 41.9 Å². The van der Waals surface area contributed by atoms with Crippen LogP contribution >= 0.6 is 0 Å². The van der Waals surface area contributed by atoms with E-state index in [1.54, 1.807) is 19.3 Å². The van der Waals surface area contributed by atoms with Gasteiger partial charge in [0.05, 0.1) is 12.2 Å². The minimum Gasteiger partial charge on any atom is -0.369 e. The van der Waals surface area contributed by atoms with Crippen LogP contribution in [0.3, 0.4) is 0 Å². The van der Waals surface area contributed by atoms with Gasteiger partial charge in [0.15, 0.2) is 9.84 Å². The molecule has 2 atom stereocenters. The molecule has 9 nitrogen and oxygen atoms in total. The Morgan fingerprint density at radius 1 is 1.17 bits per heavy atom. The van der Waals surface area contributed by atoms with E-state index in [9.17, 15) is 8.42 Å². The zero-order valence-corrected chi connectivity index (χ0v) is 21.5. The van der Waals surface area contributed by atoms with Gasteiger partial charge in [-0.15, -0.1) is 0 Å². The van der Waals surface area contributed by atoms with E-state index in [-0.39, 0.29) is 0 Å². The Bertz CT molecular complexity index is 1470. The molecule has 10 heteroatoms. The second kappa shape index (κ2) is 9.87. The predicted molar refractivity (Wildman–Crippen MR) is 144 cm³/mol. The first-order chi connectivity index (χ1) is 17.3. The molecule has 1 saturated heterocycles. The van der Waals surface area contributed by atoms with Gasteiger partial charge in [0.2, 0.25) is 5.95 Å². The number of sulfone groups is 1. The summed E-state index contributed by atoms with van der Waals surface area (Å²) in [5.74, 6) is 0.502. The van der Waals surface area contributed by atoms with Crippen LogP contribution in [-0.4, -0.2) is 59.9 Å². The fourth-order valence-electron chi connectivity index (χ4n) is 4.55. The van der Waals surface area contributed by atoms with Crippen molar-refractivity contribution >= 4 is 38.2 Å². The van der Waals surface area contributed by atoms with E-state index in [2.05, 4.69) is 44.6 Å². The largest absolute Gasteiger partial charge is 0.369 e. The molecule has 4 heterocycles. The van der Waals surface area contributed by atoms with Gasteiger partial charge in [-0.05, 0) is 55.8 Å². The summed E-state index contributed by atoms with van der Waals surface area (Å²) in [5.41, 5.74) is 4.29. The van der Waals surface area contributed by atoms with Gasteiger partial charge in [-0.25, -0.2) is 13.4 Å². The number of nitrogens with one attached hydrogen (secondary N) is 2. The molecule has 1 aliphatic rings. The molecule has 0 spiro atoms. The summed E-state index contributed by atoms with van der Waals surface area (Å²) in [6.07, 6.45) is 6.60. The molecular weight excluding hydrogens is 474 g/mol. The smallest absolute Gasteiger partial charge is 0.229 e. The first-order valence-corrected chi connectivity index (χ1v) is 14.0. The van der Waals surface area contributed by atoms with Gasteiger partial charge in [0.1, 0.15) is 10.9 Å². The van der Waals surface area contributed by atoms with Crippen molar-refractivity contribution in [2.24, 2.45) is 0 Å². The fraction of sp³-hybridized carbons (Fsp3) is 0.346. The van der Waals surface area contributed by atoms with Crippen molar-refractivity contribution in [2.75, 3.05) is 36.1 Å². The van der Waals surface area contributed by atoms with E-state index < -0.39 is 15.1 Å². The van der Waals surface area contributed by atoms with Gasteiger partial charge in [0, 0.05) is 67.3 Å². The highest BCUT2D eigenvalue weighted by Gasteiger charge is 2.22. The number of pyridine rings is 1. The number of hydrogen-bond acceptors (Lipinski definition) is 8. The van der Waals surface area contributed by atoms with Crippen molar-refractivity contribution < 1.29 is 8.42 Å². The van der Waals surface area contributed by atoms with E-state index >= 15 is 0 Å². The lowest BCUT2D eigenvalue weighted by molar-refractivity contribution is 0.485. The zero-order chi connectivity index (χ0) is 25.3. The molecule has 0 saturated carbocycles. The van der Waals surface area contributed by atoms with Crippen LogP contribution in [0.4, 0.5) is 17.3 Å². The molecule has 0 amide bonds. The number of hydrogen-bond donors (Lipinski definition) is 2. The molecule has 36 heavy (non-hydrogen) atoms. The van der Waals surface area contributed by atoms with Crippen LogP contribution < -0.4 is 15.5 Å². The van der Waals surface area contributed by atoms with Gasteiger partial charge in [-0.3, -0.25) is 4.98 Å². The third-order valence-corrected chi connectivity index (χ3v) is 8.16. The highest BCUT2D eigenvalue weighted by Crippen LogP contribution is 2.25. The summed E-state index contributed by atoms with van der Waals surface area (Å²) in [6.45, 7) is 7.31. The van der Waals surface area contributed by atoms with Crippen LogP contribution in [0.25, 0.3) is 11.0 Å². The summed E-state index contributed by atoms with van der Waals surface area (Å²) in [5, 5.41) is 7.00. The van der Waals surface area contributed by atoms with E-state index in [4.69, 9.17) is 4.98 Å². The predicted octanol–water partition coefficient (Wildman–Crippen LogP) is 3.52. The standard InChI is InChI=1S/C26H31N7O2S/c1-18-16-32(14-12-27-18)23-8-6-22(7-9-23)30-26-29-15-20-10-13-33(25(20)31-26)17-21-5-4-11-28-24(21)19(2)36(3,34)35/h4-11,13,15,18-19,27H,12,14,16-17H2,1-3H3,(H,29,30,31). The average Bonchev–Trinajstić information content (AvgIpc) is 3.26. The number of benzene rings is 1. The fourth-order valence-corrected chi connectivity index (χ4v) is 5.16. The Morgan fingerprint density at radius 3 is 2.72 bits per heavy atom. The first kappa shape index (κ1) is 24.2. The molecule has 2 N–H and O–H groups in total. The number of aromatic nitrogens is 4. The maximum atomic E-state index is 12.2. The normalized spacial score (nSPS) is 17.3. The van der Waals surface area contributed by atoms with E-state index in [1.165, 1.54) is 11.9 Å².